The van der Waals surface area contributed by atoms with Crippen LogP contribution in [0.3, 0.4) is 0 Å². The van der Waals surface area contributed by atoms with Gasteiger partial charge in [0, 0.05) is 0 Å². The van der Waals surface area contributed by atoms with Gasteiger partial charge in [0.25, 0.3) is 0 Å². The van der Waals surface area contributed by atoms with Gasteiger partial charge >= 0.3 is 121 Å². The first-order valence-corrected chi connectivity index (χ1v) is 17.8. The summed E-state index contributed by atoms with van der Waals surface area (Å²) in [5, 5.41) is 4.42. The molecule has 18 heavy (non-hydrogen) atoms. The number of halogens is 3. The van der Waals surface area contributed by atoms with Gasteiger partial charge < -0.3 is 0 Å². The number of hydrogen-bond acceptors (Lipinski definition) is 0. The first-order valence-electron chi connectivity index (χ1n) is 5.55. The minimum atomic E-state index is -3.72. The Kier molecular flexibility index (Phi) is 3.39. The van der Waals surface area contributed by atoms with Crippen molar-refractivity contribution in [3.05, 3.63) is 54.6 Å². The Labute approximate surface area is 120 Å². The molecule has 3 rings (SSSR count). The molecule has 0 atom stereocenters. The molecule has 0 radical (unpaired) electrons. The number of fused-ring (bicyclic) bond motifs is 2. The molecule has 0 aliphatic carbocycles. The van der Waals surface area contributed by atoms with Gasteiger partial charge in [-0.15, -0.1) is 0 Å². The van der Waals surface area contributed by atoms with Gasteiger partial charge in [0.1, 0.15) is 0 Å². The maximum absolute atomic E-state index is 6.36. The molecule has 0 aliphatic rings. The summed E-state index contributed by atoms with van der Waals surface area (Å²) in [6.07, 6.45) is 0. The summed E-state index contributed by atoms with van der Waals surface area (Å²) in [7, 11) is 19.1. The zero-order valence-electron chi connectivity index (χ0n) is 9.33. The zero-order valence-corrected chi connectivity index (χ0v) is 14.5. The van der Waals surface area contributed by atoms with E-state index in [0.717, 1.165) is 25.1 Å². The van der Waals surface area contributed by atoms with E-state index in [1.165, 1.54) is 0 Å². The molecule has 0 aromatic heterocycles. The van der Waals surface area contributed by atoms with E-state index in [0.29, 0.717) is 0 Å². The van der Waals surface area contributed by atoms with Gasteiger partial charge in [-0.3, -0.25) is 0 Å². The van der Waals surface area contributed by atoms with E-state index in [4.69, 9.17) is 26.8 Å². The maximum atomic E-state index is 6.36. The number of benzene rings is 3. The van der Waals surface area contributed by atoms with Crippen LogP contribution >= 0.6 is 26.8 Å². The van der Waals surface area contributed by atoms with Gasteiger partial charge in [-0.1, -0.05) is 0 Å². The molecule has 0 saturated carbocycles. The number of rotatable bonds is 1. The number of hydrogen-bond donors (Lipinski definition) is 0. The average molecular weight is 402 g/mol. The fourth-order valence-corrected chi connectivity index (χ4v) is 9.46. The second-order valence-electron chi connectivity index (χ2n) is 4.19. The van der Waals surface area contributed by atoms with Crippen molar-refractivity contribution < 1.29 is 0 Å². The fraction of sp³-hybridized carbons (Fsp3) is 0. The summed E-state index contributed by atoms with van der Waals surface area (Å²) in [5.74, 6) is 0. The monoisotopic (exact) mass is 402 g/mol. The van der Waals surface area contributed by atoms with Gasteiger partial charge in [0.05, 0.1) is 0 Å². The van der Waals surface area contributed by atoms with Gasteiger partial charge in [0.2, 0.25) is 0 Å². The zero-order chi connectivity index (χ0) is 12.8. The Morgan fingerprint density at radius 1 is 0.667 bits per heavy atom. The predicted molar refractivity (Wildman–Crippen MR) is 84.4 cm³/mol. The van der Waals surface area contributed by atoms with Crippen molar-refractivity contribution in [3.8, 4) is 0 Å². The third kappa shape index (κ3) is 2.20. The molecular weight excluding hydrogens is 393 g/mol. The molecule has 0 unspecified atom stereocenters. The Morgan fingerprint density at radius 2 is 1.11 bits per heavy atom. The molecule has 0 spiro atoms. The normalized spacial score (nSPS) is 12.2. The van der Waals surface area contributed by atoms with E-state index in [2.05, 4.69) is 18.2 Å². The molecule has 0 saturated heterocycles. The fourth-order valence-electron chi connectivity index (χ4n) is 2.32. The summed E-state index contributed by atoms with van der Waals surface area (Å²) in [4.78, 5) is 0. The van der Waals surface area contributed by atoms with E-state index >= 15 is 0 Å². The van der Waals surface area contributed by atoms with E-state index < -0.39 is 15.0 Å². The van der Waals surface area contributed by atoms with Crippen LogP contribution in [0.15, 0.2) is 54.6 Å². The molecule has 0 amide bonds. The van der Waals surface area contributed by atoms with Crippen molar-refractivity contribution in [1.82, 2.24) is 0 Å². The summed E-state index contributed by atoms with van der Waals surface area (Å²) < 4.78 is 0.961. The Morgan fingerprint density at radius 3 is 1.56 bits per heavy atom. The molecule has 0 heterocycles. The van der Waals surface area contributed by atoms with Crippen molar-refractivity contribution >= 4 is 66.9 Å². The summed E-state index contributed by atoms with van der Waals surface area (Å²) >= 11 is -3.72. The van der Waals surface area contributed by atoms with E-state index in [-0.39, 0.29) is 0 Å². The summed E-state index contributed by atoms with van der Waals surface area (Å²) in [6.45, 7) is 0. The molecule has 0 bridgehead atoms. The first kappa shape index (κ1) is 12.9. The molecule has 0 nitrogen and oxygen atoms in total. The van der Waals surface area contributed by atoms with Crippen molar-refractivity contribution in [2.24, 2.45) is 0 Å². The molecule has 3 aromatic carbocycles. The Hall–Kier alpha value is -0.151. The topological polar surface area (TPSA) is 0 Å². The van der Waals surface area contributed by atoms with Crippen molar-refractivity contribution in [2.75, 3.05) is 0 Å². The van der Waals surface area contributed by atoms with Gasteiger partial charge in [-0.2, -0.15) is 0 Å². The second kappa shape index (κ2) is 4.75. The van der Waals surface area contributed by atoms with Crippen LogP contribution in [0.25, 0.3) is 21.5 Å². The molecule has 90 valence electrons. The van der Waals surface area contributed by atoms with Gasteiger partial charge in [-0.25, -0.2) is 0 Å². The van der Waals surface area contributed by atoms with Crippen LogP contribution in [0.2, 0.25) is 0 Å². The van der Waals surface area contributed by atoms with E-state index in [1.807, 2.05) is 36.4 Å². The molecule has 0 fully saturated rings. The van der Waals surface area contributed by atoms with Crippen molar-refractivity contribution in [2.45, 2.75) is 0 Å². The van der Waals surface area contributed by atoms with Crippen LogP contribution in [0.5, 0.6) is 0 Å². The van der Waals surface area contributed by atoms with Crippen molar-refractivity contribution in [1.29, 1.82) is 0 Å². The predicted octanol–water partition coefficient (Wildman–Crippen LogP) is 4.86. The summed E-state index contributed by atoms with van der Waals surface area (Å²) in [5.41, 5.74) is 0. The Bertz CT molecular complexity index is 678. The van der Waals surface area contributed by atoms with Crippen molar-refractivity contribution in [3.63, 3.8) is 0 Å². The van der Waals surface area contributed by atoms with E-state index in [1.54, 1.807) is 0 Å². The molecule has 0 aliphatic heterocycles. The molecule has 3 aromatic rings. The first-order chi connectivity index (χ1) is 8.57. The molecule has 0 N–H and O–H groups in total. The minimum absolute atomic E-state index is 0.961. The standard InChI is InChI=1S/C14H9.3ClH.Sn/c1-2-6-12-10-14-8-4-3-7-13(14)9-11(12)5-1;;;;/h1-9H;3*1H;/q;;;;+3/p-3. The van der Waals surface area contributed by atoms with Crippen LogP contribution in [0, 0.1) is 0 Å². The SMILES string of the molecule is [Cl][Sn]([Cl])([Cl])[c]1c2ccccc2cc2ccccc12. The molecule has 4 heteroatoms. The van der Waals surface area contributed by atoms with Gasteiger partial charge in [-0.05, 0) is 0 Å². The third-order valence-electron chi connectivity index (χ3n) is 3.05. The van der Waals surface area contributed by atoms with Crippen LogP contribution in [0.4, 0.5) is 0 Å². The second-order valence-corrected chi connectivity index (χ2v) is 23.8. The summed E-state index contributed by atoms with van der Waals surface area (Å²) in [6, 6.07) is 18.3. The van der Waals surface area contributed by atoms with Gasteiger partial charge in [0.15, 0.2) is 0 Å². The van der Waals surface area contributed by atoms with Crippen LogP contribution < -0.4 is 3.58 Å². The van der Waals surface area contributed by atoms with Crippen LogP contribution in [0.1, 0.15) is 0 Å². The third-order valence-corrected chi connectivity index (χ3v) is 10.0. The van der Waals surface area contributed by atoms with Crippen LogP contribution in [-0.4, -0.2) is 15.0 Å². The quantitative estimate of drug-likeness (QED) is 0.403. The van der Waals surface area contributed by atoms with E-state index in [9.17, 15) is 0 Å². The average Bonchev–Trinajstić information content (AvgIpc) is 2.34. The van der Waals surface area contributed by atoms with Crippen LogP contribution in [-0.2, 0) is 0 Å². The Balaban J connectivity index is 2.58. The molecular formula is C14H9Cl3Sn.